The van der Waals surface area contributed by atoms with Gasteiger partial charge in [-0.05, 0) is 45.4 Å². The molecule has 3 rings (SSSR count). The van der Waals surface area contributed by atoms with Crippen LogP contribution in [0.25, 0.3) is 11.2 Å². The molecule has 9 heteroatoms. The number of aromatic hydroxyl groups is 1. The molecule has 0 spiro atoms. The Morgan fingerprint density at radius 2 is 2.04 bits per heavy atom. The Morgan fingerprint density at radius 3 is 2.75 bits per heavy atom. The Balaban J connectivity index is 1.87. The summed E-state index contributed by atoms with van der Waals surface area (Å²) in [6, 6.07) is 4.89. The second-order valence-electron chi connectivity index (χ2n) is 7.73. The fraction of sp³-hybridized carbons (Fsp3) is 0.421. The van der Waals surface area contributed by atoms with Crippen molar-refractivity contribution in [1.82, 2.24) is 19.5 Å². The molecular weight excluding hydrogens is 358 g/mol. The Bertz CT molecular complexity index is 978. The normalized spacial score (nSPS) is 12.9. The Labute approximate surface area is 163 Å². The monoisotopic (exact) mass is 385 g/mol. The van der Waals surface area contributed by atoms with Crippen molar-refractivity contribution in [3.05, 3.63) is 30.1 Å². The lowest BCUT2D eigenvalue weighted by Gasteiger charge is -2.23. The topological polar surface area (TPSA) is 134 Å². The van der Waals surface area contributed by atoms with E-state index in [2.05, 4.69) is 25.6 Å². The third-order valence-corrected chi connectivity index (χ3v) is 4.29. The van der Waals surface area contributed by atoms with Crippen LogP contribution in [0.2, 0.25) is 0 Å². The first kappa shape index (κ1) is 19.7. The molecule has 0 bridgehead atoms. The van der Waals surface area contributed by atoms with Crippen LogP contribution in [0.15, 0.2) is 24.5 Å². The highest BCUT2D eigenvalue weighted by atomic mass is 16.3. The molecular formula is C19H27N7O2. The van der Waals surface area contributed by atoms with Crippen LogP contribution < -0.4 is 16.4 Å². The van der Waals surface area contributed by atoms with Crippen molar-refractivity contribution in [3.8, 4) is 5.75 Å². The van der Waals surface area contributed by atoms with Gasteiger partial charge in [0.05, 0.1) is 11.9 Å². The van der Waals surface area contributed by atoms with Crippen molar-refractivity contribution in [1.29, 1.82) is 0 Å². The maximum Gasteiger partial charge on any atom is 0.226 e. The van der Waals surface area contributed by atoms with Gasteiger partial charge >= 0.3 is 0 Å². The number of nitrogen functional groups attached to an aromatic ring is 1. The highest BCUT2D eigenvalue weighted by molar-refractivity contribution is 5.84. The van der Waals surface area contributed by atoms with Crippen molar-refractivity contribution in [2.45, 2.75) is 45.4 Å². The number of nitrogens with two attached hydrogens (primary N) is 1. The van der Waals surface area contributed by atoms with Crippen LogP contribution in [0.4, 0.5) is 17.5 Å². The van der Waals surface area contributed by atoms with Gasteiger partial charge in [0.2, 0.25) is 5.95 Å². The van der Waals surface area contributed by atoms with Crippen molar-refractivity contribution < 1.29 is 10.2 Å². The zero-order valence-corrected chi connectivity index (χ0v) is 16.6. The number of aryl methyl sites for hydroxylation is 1. The fourth-order valence-electron chi connectivity index (χ4n) is 3.14. The first-order valence-electron chi connectivity index (χ1n) is 9.11. The molecule has 0 radical (unpaired) electrons. The minimum Gasteiger partial charge on any atom is -0.508 e. The number of nitrogens with zero attached hydrogens (tertiary/aromatic N) is 4. The van der Waals surface area contributed by atoms with Crippen molar-refractivity contribution in [3.63, 3.8) is 0 Å². The summed E-state index contributed by atoms with van der Waals surface area (Å²) in [5, 5.41) is 26.5. The lowest BCUT2D eigenvalue weighted by molar-refractivity contribution is 0.0672. The van der Waals surface area contributed by atoms with Gasteiger partial charge in [-0.2, -0.15) is 9.97 Å². The standard InChI is InChI=1S/C19H27N7O2/c1-11(8-19(2,3)28)23-18-24-16(15-17(25-18)26(4)10-22-15)21-9-12-7-13(20)5-6-14(12)27/h5-7,10-11,27-28H,8-9,20H2,1-4H3,(H2,21,23,24,25). The average Bonchev–Trinajstić information content (AvgIpc) is 2.95. The lowest BCUT2D eigenvalue weighted by Crippen LogP contribution is -2.29. The maximum absolute atomic E-state index is 10.0. The predicted octanol–water partition coefficient (Wildman–Crippen LogP) is 2.22. The summed E-state index contributed by atoms with van der Waals surface area (Å²) in [6.07, 6.45) is 2.21. The molecule has 0 fully saturated rings. The third kappa shape index (κ3) is 4.61. The number of hydrogen-bond acceptors (Lipinski definition) is 8. The van der Waals surface area contributed by atoms with E-state index < -0.39 is 5.60 Å². The predicted molar refractivity (Wildman–Crippen MR) is 110 cm³/mol. The number of anilines is 3. The molecule has 1 atom stereocenters. The van der Waals surface area contributed by atoms with Crippen LogP contribution in [0.5, 0.6) is 5.75 Å². The third-order valence-electron chi connectivity index (χ3n) is 4.29. The highest BCUT2D eigenvalue weighted by Gasteiger charge is 2.19. The molecule has 6 N–H and O–H groups in total. The largest absolute Gasteiger partial charge is 0.508 e. The van der Waals surface area contributed by atoms with E-state index in [4.69, 9.17) is 5.73 Å². The Hall–Kier alpha value is -3.07. The quantitative estimate of drug-likeness (QED) is 0.309. The number of rotatable bonds is 7. The molecule has 1 unspecified atom stereocenters. The molecule has 28 heavy (non-hydrogen) atoms. The second kappa shape index (κ2) is 7.51. The zero-order chi connectivity index (χ0) is 20.5. The molecule has 0 saturated heterocycles. The summed E-state index contributed by atoms with van der Waals surface area (Å²) in [5.41, 5.74) is 7.55. The number of aliphatic hydroxyl groups is 1. The minimum atomic E-state index is -0.797. The van der Waals surface area contributed by atoms with E-state index in [1.165, 1.54) is 0 Å². The molecule has 3 aromatic rings. The van der Waals surface area contributed by atoms with Gasteiger partial charge in [0, 0.05) is 30.9 Å². The van der Waals surface area contributed by atoms with Crippen molar-refractivity contribution >= 4 is 28.6 Å². The number of hydrogen-bond donors (Lipinski definition) is 5. The summed E-state index contributed by atoms with van der Waals surface area (Å²) in [7, 11) is 1.86. The molecule has 9 nitrogen and oxygen atoms in total. The van der Waals surface area contributed by atoms with Gasteiger partial charge in [0.1, 0.15) is 5.75 Å². The molecule has 0 aliphatic rings. The maximum atomic E-state index is 10.0. The molecule has 0 aliphatic heterocycles. The van der Waals surface area contributed by atoms with E-state index >= 15 is 0 Å². The molecule has 2 heterocycles. The Morgan fingerprint density at radius 1 is 1.29 bits per heavy atom. The second-order valence-corrected chi connectivity index (χ2v) is 7.73. The van der Waals surface area contributed by atoms with Crippen LogP contribution in [0.1, 0.15) is 32.8 Å². The first-order chi connectivity index (χ1) is 13.1. The van der Waals surface area contributed by atoms with E-state index in [9.17, 15) is 10.2 Å². The van der Waals surface area contributed by atoms with E-state index in [0.717, 1.165) is 0 Å². The summed E-state index contributed by atoms with van der Waals surface area (Å²) in [4.78, 5) is 13.5. The zero-order valence-electron chi connectivity index (χ0n) is 16.6. The van der Waals surface area contributed by atoms with E-state index in [1.807, 2.05) is 18.5 Å². The summed E-state index contributed by atoms with van der Waals surface area (Å²) in [5.74, 6) is 1.14. The van der Waals surface area contributed by atoms with Crippen molar-refractivity contribution in [2.75, 3.05) is 16.4 Å². The van der Waals surface area contributed by atoms with E-state index in [1.54, 1.807) is 38.4 Å². The lowest BCUT2D eigenvalue weighted by atomic mass is 10.0. The Kier molecular flexibility index (Phi) is 5.28. The number of phenols is 1. The molecule has 0 aliphatic carbocycles. The van der Waals surface area contributed by atoms with Crippen LogP contribution in [-0.2, 0) is 13.6 Å². The van der Waals surface area contributed by atoms with Gasteiger partial charge in [-0.15, -0.1) is 0 Å². The van der Waals surface area contributed by atoms with Gasteiger partial charge in [0.25, 0.3) is 0 Å². The molecule has 0 amide bonds. The van der Waals surface area contributed by atoms with Gasteiger partial charge in [-0.1, -0.05) is 0 Å². The van der Waals surface area contributed by atoms with Gasteiger partial charge in [0.15, 0.2) is 17.0 Å². The summed E-state index contributed by atoms with van der Waals surface area (Å²) >= 11 is 0. The van der Waals surface area contributed by atoms with E-state index in [-0.39, 0.29) is 11.8 Å². The van der Waals surface area contributed by atoms with Gasteiger partial charge in [-0.25, -0.2) is 4.98 Å². The first-order valence-corrected chi connectivity index (χ1v) is 9.11. The van der Waals surface area contributed by atoms with E-state index in [0.29, 0.717) is 47.1 Å². The highest BCUT2D eigenvalue weighted by Crippen LogP contribution is 2.25. The molecule has 2 aromatic heterocycles. The van der Waals surface area contributed by atoms with Crippen LogP contribution in [-0.4, -0.2) is 41.4 Å². The SMILES string of the molecule is CC(CC(C)(C)O)Nc1nc(NCc2cc(N)ccc2O)c2ncn(C)c2n1. The number of benzene rings is 1. The minimum absolute atomic E-state index is 0.0310. The average molecular weight is 385 g/mol. The number of fused-ring (bicyclic) bond motifs is 1. The van der Waals surface area contributed by atoms with Gasteiger partial charge in [-0.3, -0.25) is 0 Å². The van der Waals surface area contributed by atoms with Crippen molar-refractivity contribution in [2.24, 2.45) is 7.05 Å². The van der Waals surface area contributed by atoms with Gasteiger partial charge < -0.3 is 31.1 Å². The van der Waals surface area contributed by atoms with Crippen LogP contribution >= 0.6 is 0 Å². The number of aromatic nitrogens is 4. The van der Waals surface area contributed by atoms with Crippen LogP contribution in [0, 0.1) is 0 Å². The summed E-state index contributed by atoms with van der Waals surface area (Å²) in [6.45, 7) is 5.83. The van der Waals surface area contributed by atoms with Crippen LogP contribution in [0.3, 0.4) is 0 Å². The number of phenolic OH excluding ortho intramolecular Hbond substituents is 1. The fourth-order valence-corrected chi connectivity index (χ4v) is 3.14. The number of nitrogens with one attached hydrogen (secondary N) is 2. The smallest absolute Gasteiger partial charge is 0.226 e. The molecule has 1 aromatic carbocycles. The summed E-state index contributed by atoms with van der Waals surface area (Å²) < 4.78 is 1.81. The molecule has 150 valence electrons. The molecule has 0 saturated carbocycles. The number of imidazole rings is 1.